The number of rotatable bonds is 9. The fraction of sp³-hybridized carbons (Fsp3) is 0.200. The molecule has 0 amide bonds. The molecular weight excluding hydrogens is 450 g/mol. The van der Waals surface area contributed by atoms with Crippen LogP contribution < -0.4 is 9.46 Å². The van der Waals surface area contributed by atoms with Crippen LogP contribution in [0.4, 0.5) is 0 Å². The number of sulfonamides is 1. The van der Waals surface area contributed by atoms with Gasteiger partial charge in [0.2, 0.25) is 10.0 Å². The Morgan fingerprint density at radius 2 is 1.60 bits per heavy atom. The van der Waals surface area contributed by atoms with E-state index in [0.29, 0.717) is 17.4 Å². The van der Waals surface area contributed by atoms with E-state index in [-0.39, 0.29) is 15.6 Å². The Balaban J connectivity index is 1.86. The van der Waals surface area contributed by atoms with Crippen molar-refractivity contribution in [3.8, 4) is 5.75 Å². The van der Waals surface area contributed by atoms with Crippen LogP contribution in [0.3, 0.4) is 0 Å². The van der Waals surface area contributed by atoms with Gasteiger partial charge in [0.05, 0.1) is 22.7 Å². The van der Waals surface area contributed by atoms with E-state index in [9.17, 15) is 16.8 Å². The van der Waals surface area contributed by atoms with Crippen molar-refractivity contribution in [3.05, 3.63) is 77.7 Å². The summed E-state index contributed by atoms with van der Waals surface area (Å²) in [4.78, 5) is 0.00149. The van der Waals surface area contributed by atoms with Gasteiger partial charge in [-0.05, 0) is 67.6 Å². The maximum atomic E-state index is 13.2. The molecule has 0 radical (unpaired) electrons. The third-order valence-corrected chi connectivity index (χ3v) is 8.05. The molecule has 1 aromatic heterocycles. The van der Waals surface area contributed by atoms with Crippen LogP contribution in [-0.2, 0) is 19.9 Å². The molecule has 0 spiro atoms. The van der Waals surface area contributed by atoms with Crippen LogP contribution in [-0.4, -0.2) is 30.0 Å². The molecule has 0 unspecified atom stereocenters. The van der Waals surface area contributed by atoms with Crippen molar-refractivity contribution in [1.82, 2.24) is 4.72 Å². The van der Waals surface area contributed by atoms with Crippen LogP contribution in [0.1, 0.15) is 17.9 Å². The molecule has 0 aliphatic rings. The number of furan rings is 1. The van der Waals surface area contributed by atoms with Crippen molar-refractivity contribution in [1.29, 1.82) is 0 Å². The molecule has 0 fully saturated rings. The van der Waals surface area contributed by atoms with Gasteiger partial charge in [0.1, 0.15) is 16.8 Å². The van der Waals surface area contributed by atoms with Gasteiger partial charge in [0, 0.05) is 11.6 Å². The Morgan fingerprint density at radius 3 is 2.17 bits per heavy atom. The second kappa shape index (κ2) is 9.22. The van der Waals surface area contributed by atoms with Crippen LogP contribution in [0.5, 0.6) is 5.75 Å². The molecule has 7 nitrogen and oxygen atoms in total. The first kappa shape index (κ1) is 22.4. The van der Waals surface area contributed by atoms with Gasteiger partial charge < -0.3 is 9.15 Å². The van der Waals surface area contributed by atoms with E-state index in [1.165, 1.54) is 60.9 Å². The average molecular weight is 470 g/mol. The van der Waals surface area contributed by atoms with E-state index in [1.54, 1.807) is 6.07 Å². The number of benzene rings is 2. The van der Waals surface area contributed by atoms with Crippen LogP contribution in [0.2, 0.25) is 5.02 Å². The second-order valence-electron chi connectivity index (χ2n) is 6.26. The Labute approximate surface area is 180 Å². The van der Waals surface area contributed by atoms with Gasteiger partial charge in [-0.2, -0.15) is 0 Å². The third kappa shape index (κ3) is 5.04. The molecule has 0 saturated heterocycles. The van der Waals surface area contributed by atoms with Gasteiger partial charge in [-0.3, -0.25) is 0 Å². The van der Waals surface area contributed by atoms with Gasteiger partial charge in [0.25, 0.3) is 0 Å². The van der Waals surface area contributed by atoms with Crippen molar-refractivity contribution < 1.29 is 26.0 Å². The molecule has 3 rings (SSSR count). The summed E-state index contributed by atoms with van der Waals surface area (Å²) < 4.78 is 64.7. The molecule has 0 aliphatic heterocycles. The second-order valence-corrected chi connectivity index (χ2v) is 10.6. The van der Waals surface area contributed by atoms with Crippen molar-refractivity contribution >= 4 is 31.5 Å². The van der Waals surface area contributed by atoms with Crippen molar-refractivity contribution in [2.45, 2.75) is 22.0 Å². The van der Waals surface area contributed by atoms with Crippen LogP contribution >= 0.6 is 11.6 Å². The molecule has 1 N–H and O–H groups in total. The SMILES string of the molecule is CCOc1ccc(S(=O)(=O)NC[C@@H](c2ccco2)S(=O)(=O)c2ccc(Cl)cc2)cc1. The molecule has 2 aromatic carbocycles. The molecule has 0 saturated carbocycles. The summed E-state index contributed by atoms with van der Waals surface area (Å²) in [5, 5.41) is -0.870. The lowest BCUT2D eigenvalue weighted by molar-refractivity contribution is 0.340. The maximum Gasteiger partial charge on any atom is 0.240 e. The van der Waals surface area contributed by atoms with Gasteiger partial charge >= 0.3 is 0 Å². The largest absolute Gasteiger partial charge is 0.494 e. The smallest absolute Gasteiger partial charge is 0.240 e. The summed E-state index contributed by atoms with van der Waals surface area (Å²) in [7, 11) is -7.92. The van der Waals surface area contributed by atoms with E-state index in [0.717, 1.165) is 0 Å². The zero-order chi connectivity index (χ0) is 21.8. The van der Waals surface area contributed by atoms with Gasteiger partial charge in [-0.1, -0.05) is 11.6 Å². The summed E-state index contributed by atoms with van der Waals surface area (Å²) in [6.45, 7) is 1.87. The van der Waals surface area contributed by atoms with E-state index in [1.807, 2.05) is 6.92 Å². The summed E-state index contributed by atoms with van der Waals surface area (Å²) in [5.74, 6) is 0.662. The standard InChI is InChI=1S/C20H20ClNO6S2/c1-2-27-16-7-11-18(12-8-16)30(25,26)22-14-20(19-4-3-13-28-19)29(23,24)17-9-5-15(21)6-10-17/h3-13,20,22H,2,14H2,1H3/t20-/m0/s1. The fourth-order valence-electron chi connectivity index (χ4n) is 2.78. The summed E-state index contributed by atoms with van der Waals surface area (Å²) in [6.07, 6.45) is 1.33. The first-order valence-corrected chi connectivity index (χ1v) is 12.4. The van der Waals surface area contributed by atoms with Crippen LogP contribution in [0, 0.1) is 0 Å². The number of hydrogen-bond donors (Lipinski definition) is 1. The highest BCUT2D eigenvalue weighted by Crippen LogP contribution is 2.30. The highest BCUT2D eigenvalue weighted by atomic mass is 35.5. The zero-order valence-corrected chi connectivity index (χ0v) is 18.4. The number of ether oxygens (including phenoxy) is 1. The molecular formula is C20H20ClNO6S2. The summed E-state index contributed by atoms with van der Waals surface area (Å²) in [5.41, 5.74) is 0. The number of hydrogen-bond acceptors (Lipinski definition) is 6. The van der Waals surface area contributed by atoms with Crippen LogP contribution in [0.15, 0.2) is 81.1 Å². The first-order valence-electron chi connectivity index (χ1n) is 8.99. The molecule has 30 heavy (non-hydrogen) atoms. The minimum absolute atomic E-state index is 0.00645. The third-order valence-electron chi connectivity index (χ3n) is 4.28. The number of sulfone groups is 1. The fourth-order valence-corrected chi connectivity index (χ4v) is 5.64. The molecule has 160 valence electrons. The van der Waals surface area contributed by atoms with Crippen molar-refractivity contribution in [2.75, 3.05) is 13.2 Å². The molecule has 1 atom stereocenters. The lowest BCUT2D eigenvalue weighted by atomic mass is 10.3. The van der Waals surface area contributed by atoms with E-state index in [4.69, 9.17) is 20.8 Å². The predicted octanol–water partition coefficient (Wildman–Crippen LogP) is 3.83. The zero-order valence-electron chi connectivity index (χ0n) is 16.0. The molecule has 0 bridgehead atoms. The normalized spacial score (nSPS) is 13.1. The van der Waals surface area contributed by atoms with E-state index < -0.39 is 31.7 Å². The van der Waals surface area contributed by atoms with E-state index >= 15 is 0 Å². The molecule has 1 heterocycles. The summed E-state index contributed by atoms with van der Waals surface area (Å²) >= 11 is 5.85. The Hall–Kier alpha value is -2.33. The molecule has 10 heteroatoms. The average Bonchev–Trinajstić information content (AvgIpc) is 3.23. The molecule has 3 aromatic rings. The van der Waals surface area contributed by atoms with Gasteiger partial charge in [-0.15, -0.1) is 0 Å². The predicted molar refractivity (Wildman–Crippen MR) is 113 cm³/mol. The Bertz CT molecular complexity index is 1170. The topological polar surface area (TPSA) is 103 Å². The minimum Gasteiger partial charge on any atom is -0.494 e. The highest BCUT2D eigenvalue weighted by molar-refractivity contribution is 7.92. The quantitative estimate of drug-likeness (QED) is 0.511. The lowest BCUT2D eigenvalue weighted by Crippen LogP contribution is -2.31. The highest BCUT2D eigenvalue weighted by Gasteiger charge is 2.33. The number of nitrogens with one attached hydrogen (secondary N) is 1. The first-order chi connectivity index (χ1) is 14.2. The van der Waals surface area contributed by atoms with Crippen LogP contribution in [0.25, 0.3) is 0 Å². The Morgan fingerprint density at radius 1 is 0.967 bits per heavy atom. The number of halogens is 1. The van der Waals surface area contributed by atoms with Crippen molar-refractivity contribution in [2.24, 2.45) is 0 Å². The molecule has 0 aliphatic carbocycles. The lowest BCUT2D eigenvalue weighted by Gasteiger charge is -2.17. The monoisotopic (exact) mass is 469 g/mol. The maximum absolute atomic E-state index is 13.2. The van der Waals surface area contributed by atoms with Gasteiger partial charge in [-0.25, -0.2) is 21.6 Å². The van der Waals surface area contributed by atoms with Gasteiger partial charge in [0.15, 0.2) is 9.84 Å². The Kier molecular flexibility index (Phi) is 6.87. The minimum atomic E-state index is -3.96. The van der Waals surface area contributed by atoms with E-state index in [2.05, 4.69) is 4.72 Å². The van der Waals surface area contributed by atoms with Crippen molar-refractivity contribution in [3.63, 3.8) is 0 Å². The summed E-state index contributed by atoms with van der Waals surface area (Å²) in [6, 6.07) is 14.5.